The highest BCUT2D eigenvalue weighted by Gasteiger charge is 2.31. The van der Waals surface area contributed by atoms with Crippen LogP contribution < -0.4 is 4.90 Å². The summed E-state index contributed by atoms with van der Waals surface area (Å²) in [5, 5.41) is 6.03. The smallest absolute Gasteiger partial charge is 0.254 e. The summed E-state index contributed by atoms with van der Waals surface area (Å²) >= 11 is 0. The van der Waals surface area contributed by atoms with Crippen molar-refractivity contribution in [2.75, 3.05) is 24.5 Å². The third-order valence-electron chi connectivity index (χ3n) is 8.01. The molecule has 0 spiro atoms. The van der Waals surface area contributed by atoms with E-state index in [-0.39, 0.29) is 11.9 Å². The second-order valence-electron chi connectivity index (χ2n) is 10.6. The van der Waals surface area contributed by atoms with Crippen molar-refractivity contribution < 1.29 is 4.79 Å². The summed E-state index contributed by atoms with van der Waals surface area (Å²) in [5.74, 6) is 1.85. The highest BCUT2D eigenvalue weighted by molar-refractivity contribution is 5.99. The Bertz CT molecular complexity index is 1430. The van der Waals surface area contributed by atoms with Gasteiger partial charge < -0.3 is 14.8 Å². The summed E-state index contributed by atoms with van der Waals surface area (Å²) in [6.45, 7) is 11.5. The van der Waals surface area contributed by atoms with Crippen LogP contribution in [0.2, 0.25) is 0 Å². The van der Waals surface area contributed by atoms with Crippen LogP contribution in [0.25, 0.3) is 16.6 Å². The fourth-order valence-corrected chi connectivity index (χ4v) is 5.87. The summed E-state index contributed by atoms with van der Waals surface area (Å²) in [6.07, 6.45) is 6.35. The van der Waals surface area contributed by atoms with Crippen LogP contribution in [0.1, 0.15) is 71.5 Å². The predicted molar refractivity (Wildman–Crippen MR) is 139 cm³/mol. The number of fused-ring (bicyclic) bond motifs is 2. The van der Waals surface area contributed by atoms with Gasteiger partial charge in [0.2, 0.25) is 0 Å². The number of piperidine rings is 1. The number of hydrogen-bond acceptors (Lipinski definition) is 4. The molecule has 4 aromatic rings. The SMILES string of the molecule is Cc1cn2nc([C@@H]3CCCCN3C(=O)c3ccc4[nH]c(C)c(C)c4c3)cc2nc1N1CC[C@H](C)C1. The fourth-order valence-electron chi connectivity index (χ4n) is 5.87. The average molecular weight is 471 g/mol. The molecule has 2 aliphatic rings. The average Bonchev–Trinajstić information content (AvgIpc) is 3.55. The van der Waals surface area contributed by atoms with Crippen LogP contribution in [0.5, 0.6) is 0 Å². The van der Waals surface area contributed by atoms with Crippen LogP contribution in [0.15, 0.2) is 30.5 Å². The van der Waals surface area contributed by atoms with Gasteiger partial charge in [-0.05, 0) is 76.1 Å². The zero-order valence-corrected chi connectivity index (χ0v) is 21.1. The summed E-state index contributed by atoms with van der Waals surface area (Å²) in [4.78, 5) is 26.6. The lowest BCUT2D eigenvalue weighted by atomic mass is 9.97. The molecular formula is C28H34N6O. The van der Waals surface area contributed by atoms with E-state index in [4.69, 9.17) is 10.1 Å². The molecule has 2 saturated heterocycles. The lowest BCUT2D eigenvalue weighted by Crippen LogP contribution is -2.38. The highest BCUT2D eigenvalue weighted by atomic mass is 16.2. The number of nitrogens with zero attached hydrogens (tertiary/aromatic N) is 5. The van der Waals surface area contributed by atoms with Gasteiger partial charge in [0.1, 0.15) is 5.82 Å². The molecule has 1 amide bonds. The number of carbonyl (C=O) groups is 1. The first-order chi connectivity index (χ1) is 16.9. The van der Waals surface area contributed by atoms with Gasteiger partial charge in [-0.15, -0.1) is 0 Å². The zero-order chi connectivity index (χ0) is 24.3. The molecule has 5 heterocycles. The monoisotopic (exact) mass is 470 g/mol. The molecule has 7 nitrogen and oxygen atoms in total. The number of carbonyl (C=O) groups excluding carboxylic acids is 1. The Morgan fingerprint density at radius 2 is 1.94 bits per heavy atom. The van der Waals surface area contributed by atoms with Crippen molar-refractivity contribution in [2.24, 2.45) is 5.92 Å². The van der Waals surface area contributed by atoms with Gasteiger partial charge in [0.05, 0.1) is 11.7 Å². The maximum atomic E-state index is 13.7. The van der Waals surface area contributed by atoms with E-state index in [0.717, 1.165) is 83.8 Å². The maximum Gasteiger partial charge on any atom is 0.254 e. The second-order valence-corrected chi connectivity index (χ2v) is 10.6. The Morgan fingerprint density at radius 3 is 2.74 bits per heavy atom. The van der Waals surface area contributed by atoms with Crippen molar-refractivity contribution in [1.29, 1.82) is 0 Å². The van der Waals surface area contributed by atoms with Crippen LogP contribution in [0, 0.1) is 26.7 Å². The molecule has 0 saturated carbocycles. The number of H-pyrrole nitrogens is 1. The van der Waals surface area contributed by atoms with Gasteiger partial charge in [-0.25, -0.2) is 9.50 Å². The molecule has 1 aromatic carbocycles. The Morgan fingerprint density at radius 1 is 1.09 bits per heavy atom. The minimum absolute atomic E-state index is 0.0294. The van der Waals surface area contributed by atoms with E-state index in [1.807, 2.05) is 27.6 Å². The predicted octanol–water partition coefficient (Wildman–Crippen LogP) is 5.35. The minimum Gasteiger partial charge on any atom is -0.358 e. The second kappa shape index (κ2) is 8.40. The standard InChI is InChI=1S/C28H34N6O/c1-17-10-12-32(15-17)27-18(2)16-34-26(30-27)14-24(31-34)25-7-5-6-11-33(25)28(35)21-8-9-23-22(13-21)19(3)20(4)29-23/h8-9,13-14,16-17,25,29H,5-7,10-12,15H2,1-4H3/t17-,25-/m0/s1. The molecule has 0 aliphatic carbocycles. The molecule has 0 radical (unpaired) electrons. The van der Waals surface area contributed by atoms with Gasteiger partial charge in [0.25, 0.3) is 5.91 Å². The topological polar surface area (TPSA) is 69.5 Å². The third-order valence-corrected chi connectivity index (χ3v) is 8.01. The number of aromatic amines is 1. The van der Waals surface area contributed by atoms with E-state index in [1.54, 1.807) is 0 Å². The molecule has 182 valence electrons. The number of nitrogens with one attached hydrogen (secondary N) is 1. The molecular weight excluding hydrogens is 436 g/mol. The van der Waals surface area contributed by atoms with Crippen molar-refractivity contribution in [2.45, 2.75) is 59.4 Å². The molecule has 2 atom stereocenters. The number of amides is 1. The van der Waals surface area contributed by atoms with Gasteiger partial charge in [0, 0.05) is 59.6 Å². The molecule has 2 fully saturated rings. The van der Waals surface area contributed by atoms with Crippen LogP contribution in [0.4, 0.5) is 5.82 Å². The highest BCUT2D eigenvalue weighted by Crippen LogP contribution is 2.33. The summed E-state index contributed by atoms with van der Waals surface area (Å²) in [7, 11) is 0. The molecule has 6 rings (SSSR count). The molecule has 0 bridgehead atoms. The Kier molecular flexibility index (Phi) is 5.31. The number of aryl methyl sites for hydroxylation is 3. The molecule has 3 aromatic heterocycles. The van der Waals surface area contributed by atoms with E-state index >= 15 is 0 Å². The largest absolute Gasteiger partial charge is 0.358 e. The van der Waals surface area contributed by atoms with E-state index in [2.05, 4.69) is 49.8 Å². The van der Waals surface area contributed by atoms with Crippen LogP contribution >= 0.6 is 0 Å². The quantitative estimate of drug-likeness (QED) is 0.438. The van der Waals surface area contributed by atoms with Gasteiger partial charge in [-0.2, -0.15) is 5.10 Å². The number of hydrogen-bond donors (Lipinski definition) is 1. The Hall–Kier alpha value is -3.35. The Labute approximate surface area is 206 Å². The van der Waals surface area contributed by atoms with Crippen LogP contribution in [-0.4, -0.2) is 50.0 Å². The first kappa shape index (κ1) is 22.1. The van der Waals surface area contributed by atoms with E-state index in [9.17, 15) is 4.79 Å². The zero-order valence-electron chi connectivity index (χ0n) is 21.1. The lowest BCUT2D eigenvalue weighted by molar-refractivity contribution is 0.0606. The van der Waals surface area contributed by atoms with Crippen molar-refractivity contribution in [1.82, 2.24) is 24.5 Å². The maximum absolute atomic E-state index is 13.7. The van der Waals surface area contributed by atoms with Crippen molar-refractivity contribution in [3.63, 3.8) is 0 Å². The molecule has 7 heteroatoms. The van der Waals surface area contributed by atoms with Crippen LogP contribution in [-0.2, 0) is 0 Å². The first-order valence-corrected chi connectivity index (χ1v) is 12.9. The number of anilines is 1. The van der Waals surface area contributed by atoms with Crippen LogP contribution in [0.3, 0.4) is 0 Å². The van der Waals surface area contributed by atoms with Crippen molar-refractivity contribution in [3.05, 3.63) is 58.5 Å². The summed E-state index contributed by atoms with van der Waals surface area (Å²) in [6, 6.07) is 8.07. The number of aromatic nitrogens is 4. The molecule has 35 heavy (non-hydrogen) atoms. The molecule has 1 N–H and O–H groups in total. The van der Waals surface area contributed by atoms with Gasteiger partial charge in [-0.1, -0.05) is 6.92 Å². The van der Waals surface area contributed by atoms with Crippen molar-refractivity contribution >= 4 is 28.3 Å². The molecule has 2 aliphatic heterocycles. The van der Waals surface area contributed by atoms with Gasteiger partial charge >= 0.3 is 0 Å². The van der Waals surface area contributed by atoms with E-state index in [0.29, 0.717) is 5.92 Å². The van der Waals surface area contributed by atoms with Gasteiger partial charge in [0.15, 0.2) is 5.65 Å². The third kappa shape index (κ3) is 3.77. The summed E-state index contributed by atoms with van der Waals surface area (Å²) < 4.78 is 1.89. The Balaban J connectivity index is 1.33. The lowest BCUT2D eigenvalue weighted by Gasteiger charge is -2.34. The minimum atomic E-state index is -0.0294. The number of likely N-dealkylation sites (tertiary alicyclic amines) is 1. The van der Waals surface area contributed by atoms with Crippen molar-refractivity contribution in [3.8, 4) is 0 Å². The fraction of sp³-hybridized carbons (Fsp3) is 0.464. The number of rotatable bonds is 3. The first-order valence-electron chi connectivity index (χ1n) is 12.9. The molecule has 0 unspecified atom stereocenters. The van der Waals surface area contributed by atoms with Gasteiger partial charge in [-0.3, -0.25) is 4.79 Å². The van der Waals surface area contributed by atoms with E-state index in [1.165, 1.54) is 12.0 Å². The van der Waals surface area contributed by atoms with E-state index < -0.39 is 0 Å². The normalized spacial score (nSPS) is 20.9. The number of benzene rings is 1. The summed E-state index contributed by atoms with van der Waals surface area (Å²) in [5.41, 5.74) is 7.12.